The maximum absolute atomic E-state index is 2.47. The van der Waals surface area contributed by atoms with Gasteiger partial charge in [-0.25, -0.2) is 0 Å². The van der Waals surface area contributed by atoms with Gasteiger partial charge in [0.2, 0.25) is 0 Å². The first-order chi connectivity index (χ1) is 6.25. The molecule has 1 rings (SSSR count). The van der Waals surface area contributed by atoms with Crippen molar-refractivity contribution in [2.24, 2.45) is 17.8 Å². The summed E-state index contributed by atoms with van der Waals surface area (Å²) < 4.78 is 0. The Kier molecular flexibility index (Phi) is 4.83. The Labute approximate surface area is 84.1 Å². The van der Waals surface area contributed by atoms with Gasteiger partial charge in [0, 0.05) is 0 Å². The summed E-state index contributed by atoms with van der Waals surface area (Å²) in [5.74, 6) is 3.05. The van der Waals surface area contributed by atoms with Crippen molar-refractivity contribution >= 4 is 0 Å². The molecule has 1 aliphatic carbocycles. The summed E-state index contributed by atoms with van der Waals surface area (Å²) in [5, 5.41) is 0. The lowest BCUT2D eigenvalue weighted by atomic mass is 9.83. The van der Waals surface area contributed by atoms with E-state index in [9.17, 15) is 0 Å². The molecule has 0 saturated heterocycles. The molecule has 13 heavy (non-hydrogen) atoms. The lowest BCUT2D eigenvalue weighted by Gasteiger charge is -2.23. The van der Waals surface area contributed by atoms with E-state index in [2.05, 4.69) is 20.8 Å². The van der Waals surface area contributed by atoms with E-state index in [1.165, 1.54) is 44.9 Å². The highest BCUT2D eigenvalue weighted by atomic mass is 14.3. The van der Waals surface area contributed by atoms with Crippen molar-refractivity contribution in [3.8, 4) is 0 Å². The van der Waals surface area contributed by atoms with Crippen LogP contribution in [0.15, 0.2) is 0 Å². The highest BCUT2D eigenvalue weighted by Gasteiger charge is 2.27. The zero-order valence-electron chi connectivity index (χ0n) is 9.68. The van der Waals surface area contributed by atoms with Crippen LogP contribution in [-0.2, 0) is 0 Å². The van der Waals surface area contributed by atoms with E-state index in [1.807, 2.05) is 0 Å². The first-order valence-corrected chi connectivity index (χ1v) is 6.25. The largest absolute Gasteiger partial charge is 0.0654 e. The minimum Gasteiger partial charge on any atom is -0.0654 e. The number of rotatable bonds is 5. The van der Waals surface area contributed by atoms with Gasteiger partial charge in [-0.15, -0.1) is 0 Å². The van der Waals surface area contributed by atoms with Gasteiger partial charge in [0.05, 0.1) is 0 Å². The Morgan fingerprint density at radius 2 is 2.00 bits per heavy atom. The van der Waals surface area contributed by atoms with Crippen molar-refractivity contribution < 1.29 is 0 Å². The van der Waals surface area contributed by atoms with Crippen LogP contribution >= 0.6 is 0 Å². The molecule has 0 amide bonds. The van der Waals surface area contributed by atoms with Gasteiger partial charge >= 0.3 is 0 Å². The summed E-state index contributed by atoms with van der Waals surface area (Å²) >= 11 is 0. The maximum atomic E-state index is 2.47. The van der Waals surface area contributed by atoms with Gasteiger partial charge in [-0.3, -0.25) is 0 Å². The first kappa shape index (κ1) is 11.1. The summed E-state index contributed by atoms with van der Waals surface area (Å²) in [4.78, 5) is 0. The van der Waals surface area contributed by atoms with E-state index in [0.29, 0.717) is 0 Å². The van der Waals surface area contributed by atoms with Crippen LogP contribution in [0.25, 0.3) is 0 Å². The summed E-state index contributed by atoms with van der Waals surface area (Å²) in [7, 11) is 0. The normalized spacial score (nSPS) is 30.7. The van der Waals surface area contributed by atoms with Crippen LogP contribution in [-0.4, -0.2) is 0 Å². The molecule has 3 unspecified atom stereocenters. The van der Waals surface area contributed by atoms with Crippen LogP contribution in [0, 0.1) is 17.8 Å². The van der Waals surface area contributed by atoms with E-state index < -0.39 is 0 Å². The fraction of sp³-hybridized carbons (Fsp3) is 1.00. The van der Waals surface area contributed by atoms with Crippen molar-refractivity contribution in [1.82, 2.24) is 0 Å². The molecule has 0 aromatic rings. The van der Waals surface area contributed by atoms with Gasteiger partial charge in [-0.2, -0.15) is 0 Å². The second-order valence-electron chi connectivity index (χ2n) is 5.05. The van der Waals surface area contributed by atoms with E-state index in [4.69, 9.17) is 0 Å². The van der Waals surface area contributed by atoms with Crippen molar-refractivity contribution in [2.75, 3.05) is 0 Å². The number of unbranched alkanes of at least 4 members (excludes halogenated alkanes) is 2. The molecular formula is C13H26. The fourth-order valence-electron chi connectivity index (χ4n) is 2.95. The minimum atomic E-state index is 0.990. The van der Waals surface area contributed by atoms with Crippen molar-refractivity contribution in [2.45, 2.75) is 65.7 Å². The molecule has 0 heterocycles. The zero-order chi connectivity index (χ0) is 9.68. The molecular weight excluding hydrogens is 156 g/mol. The molecule has 0 nitrogen and oxygen atoms in total. The minimum absolute atomic E-state index is 0.990. The quantitative estimate of drug-likeness (QED) is 0.543. The summed E-state index contributed by atoms with van der Waals surface area (Å²) in [6.07, 6.45) is 10.2. The van der Waals surface area contributed by atoms with E-state index in [1.54, 1.807) is 0 Å². The third-order valence-electron chi connectivity index (χ3n) is 3.92. The predicted molar refractivity (Wildman–Crippen MR) is 59.8 cm³/mol. The summed E-state index contributed by atoms with van der Waals surface area (Å²) in [6, 6.07) is 0. The Hall–Kier alpha value is 0. The van der Waals surface area contributed by atoms with E-state index in [-0.39, 0.29) is 0 Å². The third-order valence-corrected chi connectivity index (χ3v) is 3.92. The van der Waals surface area contributed by atoms with Crippen LogP contribution in [0.1, 0.15) is 65.7 Å². The summed E-state index contributed by atoms with van der Waals surface area (Å²) in [5.41, 5.74) is 0. The van der Waals surface area contributed by atoms with E-state index in [0.717, 1.165) is 17.8 Å². The second kappa shape index (κ2) is 5.67. The number of hydrogen-bond donors (Lipinski definition) is 0. The second-order valence-corrected chi connectivity index (χ2v) is 5.05. The van der Waals surface area contributed by atoms with Gasteiger partial charge in [-0.1, -0.05) is 59.3 Å². The van der Waals surface area contributed by atoms with Gasteiger partial charge in [0.1, 0.15) is 0 Å². The Morgan fingerprint density at radius 3 is 2.54 bits per heavy atom. The first-order valence-electron chi connectivity index (χ1n) is 6.25. The van der Waals surface area contributed by atoms with Gasteiger partial charge in [0.15, 0.2) is 0 Å². The van der Waals surface area contributed by atoms with E-state index >= 15 is 0 Å². The standard InChI is InChI=1S/C13H26/c1-4-5-6-8-11(2)13-10-7-9-12(13)3/h11-13H,4-10H2,1-3H3. The molecule has 0 aliphatic heterocycles. The molecule has 78 valence electrons. The van der Waals surface area contributed by atoms with Crippen LogP contribution in [0.5, 0.6) is 0 Å². The highest BCUT2D eigenvalue weighted by Crippen LogP contribution is 2.38. The topological polar surface area (TPSA) is 0 Å². The Morgan fingerprint density at radius 1 is 1.23 bits per heavy atom. The van der Waals surface area contributed by atoms with Crippen LogP contribution < -0.4 is 0 Å². The molecule has 0 spiro atoms. The molecule has 0 heteroatoms. The molecule has 0 N–H and O–H groups in total. The lowest BCUT2D eigenvalue weighted by Crippen LogP contribution is -2.14. The third kappa shape index (κ3) is 3.32. The Bertz CT molecular complexity index is 128. The van der Waals surface area contributed by atoms with Crippen LogP contribution in [0.2, 0.25) is 0 Å². The average Bonchev–Trinajstić information content (AvgIpc) is 2.52. The monoisotopic (exact) mass is 182 g/mol. The van der Waals surface area contributed by atoms with Gasteiger partial charge in [0.25, 0.3) is 0 Å². The highest BCUT2D eigenvalue weighted by molar-refractivity contribution is 4.78. The summed E-state index contributed by atoms with van der Waals surface area (Å²) in [6.45, 7) is 7.22. The predicted octanol–water partition coefficient (Wildman–Crippen LogP) is 4.64. The zero-order valence-corrected chi connectivity index (χ0v) is 9.68. The molecule has 0 aromatic heterocycles. The van der Waals surface area contributed by atoms with Crippen molar-refractivity contribution in [3.05, 3.63) is 0 Å². The number of hydrogen-bond acceptors (Lipinski definition) is 0. The average molecular weight is 182 g/mol. The van der Waals surface area contributed by atoms with Crippen molar-refractivity contribution in [1.29, 1.82) is 0 Å². The van der Waals surface area contributed by atoms with Crippen LogP contribution in [0.3, 0.4) is 0 Å². The van der Waals surface area contributed by atoms with Gasteiger partial charge < -0.3 is 0 Å². The fourth-order valence-corrected chi connectivity index (χ4v) is 2.95. The molecule has 0 aromatic carbocycles. The SMILES string of the molecule is CCCCCC(C)C1CCCC1C. The molecule has 1 saturated carbocycles. The van der Waals surface area contributed by atoms with Gasteiger partial charge in [-0.05, 0) is 24.2 Å². The molecule has 0 radical (unpaired) electrons. The van der Waals surface area contributed by atoms with Crippen LogP contribution in [0.4, 0.5) is 0 Å². The molecule has 1 fully saturated rings. The lowest BCUT2D eigenvalue weighted by molar-refractivity contribution is 0.274. The Balaban J connectivity index is 2.18. The smallest absolute Gasteiger partial charge is 0.0363 e. The van der Waals surface area contributed by atoms with Crippen molar-refractivity contribution in [3.63, 3.8) is 0 Å². The molecule has 0 bridgehead atoms. The molecule has 3 atom stereocenters. The maximum Gasteiger partial charge on any atom is -0.0363 e. The molecule has 1 aliphatic rings.